The largest absolute Gasteiger partial charge is 0.461 e. The van der Waals surface area contributed by atoms with Crippen molar-refractivity contribution in [3.63, 3.8) is 0 Å². The van der Waals surface area contributed by atoms with Gasteiger partial charge in [0.15, 0.2) is 14.1 Å². The molecule has 4 fully saturated rings. The van der Waals surface area contributed by atoms with E-state index < -0.39 is 20.0 Å². The van der Waals surface area contributed by atoms with Crippen molar-refractivity contribution < 1.29 is 17.9 Å². The second-order valence-corrected chi connectivity index (χ2v) is 19.6. The maximum absolute atomic E-state index is 15.4. The van der Waals surface area contributed by atoms with E-state index >= 15 is 4.39 Å². The Labute approximate surface area is 245 Å². The monoisotopic (exact) mass is 634 g/mol. The molecule has 6 nitrogen and oxygen atoms in total. The zero-order chi connectivity index (χ0) is 28.6. The molecule has 1 unspecified atom stereocenters. The Bertz CT molecular complexity index is 1350. The summed E-state index contributed by atoms with van der Waals surface area (Å²) in [6.07, 6.45) is 5.36. The van der Waals surface area contributed by atoms with Gasteiger partial charge in [-0.25, -0.2) is 8.78 Å². The number of aromatic nitrogens is 2. The van der Waals surface area contributed by atoms with E-state index in [9.17, 15) is 4.39 Å². The molecule has 0 N–H and O–H groups in total. The Balaban J connectivity index is 1.31. The third kappa shape index (κ3) is 4.90. The highest BCUT2D eigenvalue weighted by Gasteiger charge is 2.48. The average molecular weight is 636 g/mol. The summed E-state index contributed by atoms with van der Waals surface area (Å²) in [5.74, 6) is -0.0407. The summed E-state index contributed by atoms with van der Waals surface area (Å²) < 4.78 is 43.2. The van der Waals surface area contributed by atoms with Gasteiger partial charge in [0, 0.05) is 37.0 Å². The summed E-state index contributed by atoms with van der Waals surface area (Å²) in [4.78, 5) is 13.9. The zero-order valence-corrected chi connectivity index (χ0v) is 26.9. The van der Waals surface area contributed by atoms with Crippen LogP contribution < -0.4 is 9.64 Å². The molecule has 0 spiro atoms. The lowest BCUT2D eigenvalue weighted by Gasteiger charge is -2.40. The molecule has 2 aromatic rings. The molecule has 4 aliphatic rings. The van der Waals surface area contributed by atoms with E-state index in [4.69, 9.17) is 14.1 Å². The number of nitrogens with zero attached hydrogens (tertiary/aromatic N) is 4. The zero-order valence-electron chi connectivity index (χ0n) is 24.3. The van der Waals surface area contributed by atoms with Crippen molar-refractivity contribution in [3.8, 4) is 6.01 Å². The van der Waals surface area contributed by atoms with Gasteiger partial charge in [-0.1, -0.05) is 32.9 Å². The molecule has 218 valence electrons. The van der Waals surface area contributed by atoms with Crippen LogP contribution in [0.4, 0.5) is 14.6 Å². The van der Waals surface area contributed by atoms with Crippen molar-refractivity contribution in [2.45, 2.75) is 82.7 Å². The van der Waals surface area contributed by atoms with Crippen molar-refractivity contribution in [3.05, 3.63) is 34.3 Å². The Morgan fingerprint density at radius 1 is 1.20 bits per heavy atom. The van der Waals surface area contributed by atoms with Crippen molar-refractivity contribution in [1.82, 2.24) is 14.9 Å². The first-order valence-corrected chi connectivity index (χ1v) is 18.3. The SMILES string of the molecule is C=C1CN2CCCC2(COc2nc(N3C[C@@H]4C[C@H](C3)[C@H](O[Si](C)(C)C(C)(C)C)C4)c3cc(F)c(Br)c(F)c3n2)C1. The quantitative estimate of drug-likeness (QED) is 0.192. The maximum Gasteiger partial charge on any atom is 0.319 e. The van der Waals surface area contributed by atoms with E-state index in [1.54, 1.807) is 0 Å². The number of benzene rings is 1. The minimum absolute atomic E-state index is 0.0804. The smallest absolute Gasteiger partial charge is 0.319 e. The lowest BCUT2D eigenvalue weighted by atomic mass is 9.94. The van der Waals surface area contributed by atoms with Crippen LogP contribution in [-0.2, 0) is 4.43 Å². The number of rotatable bonds is 6. The van der Waals surface area contributed by atoms with Crippen LogP contribution in [-0.4, -0.2) is 67.6 Å². The molecule has 0 radical (unpaired) electrons. The first-order chi connectivity index (χ1) is 18.8. The molecule has 0 amide bonds. The summed E-state index contributed by atoms with van der Waals surface area (Å²) in [7, 11) is -1.92. The van der Waals surface area contributed by atoms with Crippen LogP contribution in [0.1, 0.15) is 52.9 Å². The van der Waals surface area contributed by atoms with Gasteiger partial charge in [-0.2, -0.15) is 9.97 Å². The summed E-state index contributed by atoms with van der Waals surface area (Å²) >= 11 is 3.07. The minimum atomic E-state index is -1.92. The fourth-order valence-corrected chi connectivity index (χ4v) is 8.87. The maximum atomic E-state index is 15.4. The van der Waals surface area contributed by atoms with Crippen molar-refractivity contribution >= 4 is 41.0 Å². The molecule has 1 saturated carbocycles. The topological polar surface area (TPSA) is 50.7 Å². The Morgan fingerprint density at radius 3 is 2.73 bits per heavy atom. The lowest BCUT2D eigenvalue weighted by Crippen LogP contribution is -2.46. The fraction of sp³-hybridized carbons (Fsp3) is 0.667. The Morgan fingerprint density at radius 2 is 1.98 bits per heavy atom. The van der Waals surface area contributed by atoms with Crippen molar-refractivity contribution in [2.24, 2.45) is 11.8 Å². The minimum Gasteiger partial charge on any atom is -0.461 e. The normalized spacial score (nSPS) is 29.1. The predicted molar refractivity (Wildman–Crippen MR) is 160 cm³/mol. The van der Waals surface area contributed by atoms with Crippen LogP contribution in [0.15, 0.2) is 22.7 Å². The van der Waals surface area contributed by atoms with E-state index in [1.165, 1.54) is 11.6 Å². The van der Waals surface area contributed by atoms with E-state index in [0.29, 0.717) is 29.6 Å². The molecule has 10 heteroatoms. The van der Waals surface area contributed by atoms with Crippen LogP contribution in [0.3, 0.4) is 0 Å². The highest BCUT2D eigenvalue weighted by atomic mass is 79.9. The van der Waals surface area contributed by atoms with Crippen LogP contribution in [0, 0.1) is 23.5 Å². The highest BCUT2D eigenvalue weighted by molar-refractivity contribution is 9.10. The van der Waals surface area contributed by atoms with Crippen LogP contribution >= 0.6 is 15.9 Å². The number of hydrogen-bond acceptors (Lipinski definition) is 6. The summed E-state index contributed by atoms with van der Waals surface area (Å²) in [5.41, 5.74) is 1.19. The third-order valence-corrected chi connectivity index (χ3v) is 15.4. The number of anilines is 1. The number of halogens is 3. The molecular weight excluding hydrogens is 594 g/mol. The first-order valence-electron chi connectivity index (χ1n) is 14.6. The van der Waals surface area contributed by atoms with Gasteiger partial charge in [-0.05, 0) is 84.7 Å². The summed E-state index contributed by atoms with van der Waals surface area (Å²) in [5, 5.41) is 0.518. The molecule has 6 rings (SSSR count). The number of hydrogen-bond donors (Lipinski definition) is 0. The van der Waals surface area contributed by atoms with Gasteiger partial charge in [-0.3, -0.25) is 4.90 Å². The first kappa shape index (κ1) is 28.5. The summed E-state index contributed by atoms with van der Waals surface area (Å²) in [6.45, 7) is 19.5. The predicted octanol–water partition coefficient (Wildman–Crippen LogP) is 7.08. The number of fused-ring (bicyclic) bond motifs is 4. The Hall–Kier alpha value is -1.62. The van der Waals surface area contributed by atoms with Crippen LogP contribution in [0.25, 0.3) is 10.9 Å². The Kier molecular flexibility index (Phi) is 7.11. The molecule has 2 bridgehead atoms. The van der Waals surface area contributed by atoms with Crippen molar-refractivity contribution in [1.29, 1.82) is 0 Å². The van der Waals surface area contributed by atoms with E-state index in [2.05, 4.69) is 71.2 Å². The van der Waals surface area contributed by atoms with Gasteiger partial charge in [-0.15, -0.1) is 0 Å². The summed E-state index contributed by atoms with van der Waals surface area (Å²) in [6, 6.07) is 1.49. The number of piperidine rings is 1. The van der Waals surface area contributed by atoms with E-state index in [0.717, 1.165) is 58.3 Å². The second-order valence-electron chi connectivity index (χ2n) is 14.1. The third-order valence-electron chi connectivity index (χ3n) is 10.2. The number of ether oxygens (including phenoxy) is 1. The van der Waals surface area contributed by atoms with E-state index in [1.807, 2.05) is 0 Å². The second kappa shape index (κ2) is 9.99. The highest BCUT2D eigenvalue weighted by Crippen LogP contribution is 2.46. The molecule has 4 atom stereocenters. The standard InChI is InChI=1S/C30H41BrF2N4O2Si/c1-18-13-30(8-7-9-37(30)14-18)17-38-28-34-26-21(12-22(32)24(31)25(26)33)27(35-28)36-15-19-10-20(16-36)23(11-19)39-40(5,6)29(2,3)4/h12,19-20,23H,1,7-11,13-17H2,2-6H3/t19-,20-,23-,30?/m1/s1. The molecule has 1 aliphatic carbocycles. The molecule has 1 aromatic heterocycles. The van der Waals surface area contributed by atoms with Crippen molar-refractivity contribution in [2.75, 3.05) is 37.7 Å². The van der Waals surface area contributed by atoms with Gasteiger partial charge in [0.2, 0.25) is 0 Å². The van der Waals surface area contributed by atoms with Gasteiger partial charge in [0.25, 0.3) is 0 Å². The average Bonchev–Trinajstić information content (AvgIpc) is 3.49. The van der Waals surface area contributed by atoms with Gasteiger partial charge in [0.1, 0.15) is 23.8 Å². The van der Waals surface area contributed by atoms with Gasteiger partial charge >= 0.3 is 6.01 Å². The lowest BCUT2D eigenvalue weighted by molar-refractivity contribution is 0.108. The van der Waals surface area contributed by atoms with Gasteiger partial charge < -0.3 is 14.1 Å². The molecule has 40 heavy (non-hydrogen) atoms. The van der Waals surface area contributed by atoms with Crippen LogP contribution in [0.5, 0.6) is 6.01 Å². The molecule has 3 saturated heterocycles. The van der Waals surface area contributed by atoms with E-state index in [-0.39, 0.29) is 32.7 Å². The fourth-order valence-electron chi connectivity index (χ4n) is 7.17. The van der Waals surface area contributed by atoms with Gasteiger partial charge in [0.05, 0.1) is 10.0 Å². The molecule has 3 aliphatic heterocycles. The molecule has 1 aromatic carbocycles. The van der Waals surface area contributed by atoms with Crippen LogP contribution in [0.2, 0.25) is 18.1 Å². The molecular formula is C30H41BrF2N4O2Si. The molecule has 4 heterocycles.